The van der Waals surface area contributed by atoms with Crippen molar-refractivity contribution in [3.05, 3.63) is 119 Å². The van der Waals surface area contributed by atoms with E-state index in [1.165, 1.54) is 22.4 Å². The van der Waals surface area contributed by atoms with E-state index in [2.05, 4.69) is 15.0 Å². The van der Waals surface area contributed by atoms with Gasteiger partial charge in [-0.15, -0.1) is 0 Å². The van der Waals surface area contributed by atoms with Gasteiger partial charge in [-0.05, 0) is 59.9 Å². The predicted octanol–water partition coefficient (Wildman–Crippen LogP) is 5.23. The van der Waals surface area contributed by atoms with E-state index in [0.717, 1.165) is 22.4 Å². The standard InChI is InChI=1S/C26H20ClFN4O2S/c27-21-12-25-20(17-32(26(25)31-15-21)35(33,34)24-4-2-1-3-5-24)10-18-6-8-23(30-14-18)9-7-19-11-22(28)16-29-13-19/h1-6,8,11-17H,7,9-10H2. The number of aryl methyl sites for hydroxylation is 2. The lowest BCUT2D eigenvalue weighted by Gasteiger charge is -2.06. The van der Waals surface area contributed by atoms with E-state index in [-0.39, 0.29) is 10.7 Å². The lowest BCUT2D eigenvalue weighted by Crippen LogP contribution is -2.12. The molecule has 0 amide bonds. The molecule has 5 aromatic rings. The highest BCUT2D eigenvalue weighted by Crippen LogP contribution is 2.28. The number of nitrogens with zero attached hydrogens (tertiary/aromatic N) is 4. The molecule has 0 aliphatic heterocycles. The first-order chi connectivity index (χ1) is 16.9. The number of hydrogen-bond donors (Lipinski definition) is 0. The molecule has 0 unspecified atom stereocenters. The van der Waals surface area contributed by atoms with Gasteiger partial charge >= 0.3 is 0 Å². The van der Waals surface area contributed by atoms with Crippen LogP contribution in [0.1, 0.15) is 22.4 Å². The topological polar surface area (TPSA) is 77.7 Å². The summed E-state index contributed by atoms with van der Waals surface area (Å²) in [6, 6.07) is 15.3. The minimum absolute atomic E-state index is 0.180. The Hall–Kier alpha value is -3.62. The second-order valence-electron chi connectivity index (χ2n) is 8.14. The summed E-state index contributed by atoms with van der Waals surface area (Å²) < 4.78 is 41.1. The summed E-state index contributed by atoms with van der Waals surface area (Å²) in [7, 11) is -3.83. The van der Waals surface area contributed by atoms with Crippen molar-refractivity contribution in [2.24, 2.45) is 0 Å². The summed E-state index contributed by atoms with van der Waals surface area (Å²) in [5.74, 6) is -0.353. The predicted molar refractivity (Wildman–Crippen MR) is 132 cm³/mol. The third-order valence-electron chi connectivity index (χ3n) is 5.67. The van der Waals surface area contributed by atoms with Gasteiger partial charge in [0.25, 0.3) is 10.0 Å². The second kappa shape index (κ2) is 9.56. The fraction of sp³-hybridized carbons (Fsp3) is 0.115. The third kappa shape index (κ3) is 4.94. The van der Waals surface area contributed by atoms with Crippen LogP contribution in [0.5, 0.6) is 0 Å². The second-order valence-corrected chi connectivity index (χ2v) is 10.4. The number of rotatable bonds is 7. The van der Waals surface area contributed by atoms with Crippen molar-refractivity contribution in [2.75, 3.05) is 0 Å². The number of pyridine rings is 3. The van der Waals surface area contributed by atoms with Crippen LogP contribution in [0, 0.1) is 5.82 Å². The Bertz CT molecular complexity index is 1600. The number of fused-ring (bicyclic) bond motifs is 1. The molecule has 0 atom stereocenters. The molecule has 0 aliphatic carbocycles. The monoisotopic (exact) mass is 506 g/mol. The molecule has 4 heterocycles. The van der Waals surface area contributed by atoms with Crippen molar-refractivity contribution in [3.63, 3.8) is 0 Å². The number of hydrogen-bond acceptors (Lipinski definition) is 5. The van der Waals surface area contributed by atoms with Crippen LogP contribution in [0.15, 0.2) is 90.5 Å². The molecule has 5 rings (SSSR count). The van der Waals surface area contributed by atoms with Gasteiger partial charge in [0.1, 0.15) is 5.82 Å². The molecule has 0 bridgehead atoms. The summed E-state index contributed by atoms with van der Waals surface area (Å²) in [6.45, 7) is 0. The first-order valence-electron chi connectivity index (χ1n) is 10.9. The number of aromatic nitrogens is 4. The molecule has 0 spiro atoms. The van der Waals surface area contributed by atoms with Gasteiger partial charge in [-0.2, -0.15) is 0 Å². The van der Waals surface area contributed by atoms with Gasteiger partial charge in [0.05, 0.1) is 16.1 Å². The largest absolute Gasteiger partial charge is 0.269 e. The normalized spacial score (nSPS) is 11.7. The first kappa shape index (κ1) is 23.1. The SMILES string of the molecule is O=S(=O)(c1ccccc1)n1cc(Cc2ccc(CCc3cncc(F)c3)nc2)c2cc(Cl)cnc21. The van der Waals surface area contributed by atoms with Crippen LogP contribution in [0.2, 0.25) is 5.02 Å². The number of benzene rings is 1. The van der Waals surface area contributed by atoms with Crippen molar-refractivity contribution in [1.82, 2.24) is 18.9 Å². The summed E-state index contributed by atoms with van der Waals surface area (Å²) in [5.41, 5.74) is 3.69. The van der Waals surface area contributed by atoms with Gasteiger partial charge in [-0.1, -0.05) is 35.9 Å². The quantitative estimate of drug-likeness (QED) is 0.302. The molecule has 0 radical (unpaired) electrons. The van der Waals surface area contributed by atoms with E-state index in [1.807, 2.05) is 12.1 Å². The molecule has 4 aromatic heterocycles. The Balaban J connectivity index is 1.42. The maximum absolute atomic E-state index is 13.3. The molecule has 1 aromatic carbocycles. The molecule has 6 nitrogen and oxygen atoms in total. The molecule has 0 N–H and O–H groups in total. The minimum Gasteiger partial charge on any atom is -0.261 e. The zero-order valence-electron chi connectivity index (χ0n) is 18.5. The van der Waals surface area contributed by atoms with Gasteiger partial charge in [-0.3, -0.25) is 9.97 Å². The van der Waals surface area contributed by atoms with E-state index in [9.17, 15) is 12.8 Å². The summed E-state index contributed by atoms with van der Waals surface area (Å²) in [4.78, 5) is 12.9. The summed E-state index contributed by atoms with van der Waals surface area (Å²) >= 11 is 6.19. The van der Waals surface area contributed by atoms with E-state index < -0.39 is 10.0 Å². The fourth-order valence-electron chi connectivity index (χ4n) is 3.94. The maximum atomic E-state index is 13.3. The highest BCUT2D eigenvalue weighted by atomic mass is 35.5. The average Bonchev–Trinajstić information content (AvgIpc) is 3.22. The first-order valence-corrected chi connectivity index (χ1v) is 12.7. The molecule has 0 aliphatic rings. The van der Waals surface area contributed by atoms with Crippen molar-refractivity contribution >= 4 is 32.7 Å². The van der Waals surface area contributed by atoms with Crippen LogP contribution in [-0.2, 0) is 29.3 Å². The van der Waals surface area contributed by atoms with Crippen molar-refractivity contribution < 1.29 is 12.8 Å². The van der Waals surface area contributed by atoms with Crippen molar-refractivity contribution in [1.29, 1.82) is 0 Å². The Morgan fingerprint density at radius 1 is 0.886 bits per heavy atom. The van der Waals surface area contributed by atoms with Crippen molar-refractivity contribution in [2.45, 2.75) is 24.2 Å². The highest BCUT2D eigenvalue weighted by molar-refractivity contribution is 7.90. The van der Waals surface area contributed by atoms with Crippen LogP contribution < -0.4 is 0 Å². The Morgan fingerprint density at radius 2 is 1.71 bits per heavy atom. The van der Waals surface area contributed by atoms with Gasteiger partial charge in [0.15, 0.2) is 5.65 Å². The van der Waals surface area contributed by atoms with Crippen LogP contribution in [0.3, 0.4) is 0 Å². The van der Waals surface area contributed by atoms with Crippen LogP contribution in [-0.4, -0.2) is 27.3 Å². The zero-order chi connectivity index (χ0) is 24.4. The molecular weight excluding hydrogens is 487 g/mol. The Kier molecular flexibility index (Phi) is 6.32. The zero-order valence-corrected chi connectivity index (χ0v) is 20.0. The minimum atomic E-state index is -3.83. The van der Waals surface area contributed by atoms with Crippen LogP contribution in [0.25, 0.3) is 11.0 Å². The molecule has 35 heavy (non-hydrogen) atoms. The van der Waals surface area contributed by atoms with Gasteiger partial charge in [-0.25, -0.2) is 21.8 Å². The van der Waals surface area contributed by atoms with Crippen LogP contribution in [0.4, 0.5) is 4.39 Å². The van der Waals surface area contributed by atoms with Crippen LogP contribution >= 0.6 is 11.6 Å². The molecule has 176 valence electrons. The van der Waals surface area contributed by atoms with E-state index >= 15 is 0 Å². The average molecular weight is 507 g/mol. The Morgan fingerprint density at radius 3 is 2.46 bits per heavy atom. The van der Waals surface area contributed by atoms with E-state index in [0.29, 0.717) is 35.3 Å². The Labute approximate surface area is 207 Å². The van der Waals surface area contributed by atoms with Gasteiger partial charge in [0, 0.05) is 42.3 Å². The summed E-state index contributed by atoms with van der Waals surface area (Å²) in [6.07, 6.45) is 9.38. The van der Waals surface area contributed by atoms with Gasteiger partial charge in [0.2, 0.25) is 0 Å². The van der Waals surface area contributed by atoms with Crippen molar-refractivity contribution in [3.8, 4) is 0 Å². The van der Waals surface area contributed by atoms with Gasteiger partial charge < -0.3 is 0 Å². The highest BCUT2D eigenvalue weighted by Gasteiger charge is 2.22. The summed E-state index contributed by atoms with van der Waals surface area (Å²) in [5, 5.41) is 1.09. The molecule has 9 heteroatoms. The maximum Gasteiger partial charge on any atom is 0.269 e. The number of halogens is 2. The fourth-order valence-corrected chi connectivity index (χ4v) is 5.46. The van der Waals surface area contributed by atoms with E-state index in [1.54, 1.807) is 55.0 Å². The lowest BCUT2D eigenvalue weighted by atomic mass is 10.1. The molecule has 0 saturated heterocycles. The molecule has 0 saturated carbocycles. The lowest BCUT2D eigenvalue weighted by molar-refractivity contribution is 0.588. The molecular formula is C26H20ClFN4O2S. The smallest absolute Gasteiger partial charge is 0.261 e. The molecule has 0 fully saturated rings. The van der Waals surface area contributed by atoms with E-state index in [4.69, 9.17) is 11.6 Å². The third-order valence-corrected chi connectivity index (χ3v) is 7.54.